The van der Waals surface area contributed by atoms with E-state index in [0.29, 0.717) is 19.0 Å². The first-order valence-electron chi connectivity index (χ1n) is 11.4. The van der Waals surface area contributed by atoms with Gasteiger partial charge in [0.25, 0.3) is 0 Å². The number of ether oxygens (including phenoxy) is 1. The molecule has 0 bridgehead atoms. The third-order valence-electron chi connectivity index (χ3n) is 6.73. The van der Waals surface area contributed by atoms with Crippen molar-refractivity contribution in [3.05, 3.63) is 42.9 Å². The summed E-state index contributed by atoms with van der Waals surface area (Å²) in [5.74, 6) is 0.508. The number of hydrogen-bond donors (Lipinski definition) is 1. The van der Waals surface area contributed by atoms with E-state index in [1.807, 2.05) is 10.9 Å². The molecule has 4 heterocycles. The third-order valence-corrected chi connectivity index (χ3v) is 6.73. The average Bonchev–Trinajstić information content (AvgIpc) is 3.36. The highest BCUT2D eigenvalue weighted by Gasteiger charge is 2.21. The van der Waals surface area contributed by atoms with Gasteiger partial charge in [-0.2, -0.15) is 5.10 Å². The summed E-state index contributed by atoms with van der Waals surface area (Å²) < 4.78 is 10.1. The molecule has 2 fully saturated rings. The third kappa shape index (κ3) is 4.32. The monoisotopic (exact) mass is 422 g/mol. The zero-order valence-electron chi connectivity index (χ0n) is 17.8. The largest absolute Gasteiger partial charge is 0.465 e. The van der Waals surface area contributed by atoms with Crippen molar-refractivity contribution < 1.29 is 14.6 Å². The molecular formula is C24H30N4O3. The highest BCUT2D eigenvalue weighted by molar-refractivity contribution is 5.85. The molecular weight excluding hydrogens is 392 g/mol. The predicted octanol–water partition coefficient (Wildman–Crippen LogP) is 4.98. The Morgan fingerprint density at radius 2 is 2.03 bits per heavy atom. The van der Waals surface area contributed by atoms with Crippen molar-refractivity contribution >= 4 is 17.0 Å². The van der Waals surface area contributed by atoms with Crippen LogP contribution in [0.4, 0.5) is 4.79 Å². The zero-order chi connectivity index (χ0) is 21.2. The number of carboxylic acid groups (broad SMARTS) is 1. The molecule has 0 radical (unpaired) electrons. The van der Waals surface area contributed by atoms with Gasteiger partial charge in [-0.05, 0) is 68.2 Å². The molecule has 0 spiro atoms. The second-order valence-electron chi connectivity index (χ2n) is 8.84. The topological polar surface area (TPSA) is 72.5 Å². The van der Waals surface area contributed by atoms with Crippen LogP contribution in [0.3, 0.4) is 0 Å². The van der Waals surface area contributed by atoms with Crippen LogP contribution in [0.2, 0.25) is 0 Å². The lowest BCUT2D eigenvalue weighted by atomic mass is 10.0. The van der Waals surface area contributed by atoms with Gasteiger partial charge in [-0.25, -0.2) is 9.48 Å². The lowest BCUT2D eigenvalue weighted by Crippen LogP contribution is -2.30. The van der Waals surface area contributed by atoms with Crippen molar-refractivity contribution in [1.29, 1.82) is 0 Å². The quantitative estimate of drug-likeness (QED) is 0.643. The number of likely N-dealkylation sites (tertiary alicyclic amines) is 1. The predicted molar refractivity (Wildman–Crippen MR) is 119 cm³/mol. The van der Waals surface area contributed by atoms with E-state index in [4.69, 9.17) is 4.74 Å². The lowest BCUT2D eigenvalue weighted by Gasteiger charge is -2.22. The average molecular weight is 423 g/mol. The Morgan fingerprint density at radius 3 is 2.87 bits per heavy atom. The Morgan fingerprint density at radius 1 is 1.10 bits per heavy atom. The van der Waals surface area contributed by atoms with E-state index in [1.165, 1.54) is 22.9 Å². The summed E-state index contributed by atoms with van der Waals surface area (Å²) in [7, 11) is 0. The highest BCUT2D eigenvalue weighted by atomic mass is 16.5. The number of aromatic nitrogens is 3. The molecule has 5 rings (SSSR count). The van der Waals surface area contributed by atoms with Crippen molar-refractivity contribution in [1.82, 2.24) is 19.2 Å². The highest BCUT2D eigenvalue weighted by Crippen LogP contribution is 2.29. The van der Waals surface area contributed by atoms with E-state index in [2.05, 4.69) is 46.3 Å². The van der Waals surface area contributed by atoms with Gasteiger partial charge in [0.15, 0.2) is 0 Å². The molecule has 3 aromatic rings. The molecule has 0 saturated carbocycles. The van der Waals surface area contributed by atoms with Crippen LogP contribution in [0.25, 0.3) is 22.0 Å². The van der Waals surface area contributed by atoms with Crippen molar-refractivity contribution in [2.24, 2.45) is 5.92 Å². The molecule has 2 aromatic heterocycles. The Kier molecular flexibility index (Phi) is 5.68. The van der Waals surface area contributed by atoms with Crippen molar-refractivity contribution in [2.45, 2.75) is 51.3 Å². The first kappa shape index (κ1) is 20.1. The van der Waals surface area contributed by atoms with Crippen LogP contribution in [0.5, 0.6) is 0 Å². The molecule has 1 aromatic carbocycles. The van der Waals surface area contributed by atoms with E-state index >= 15 is 0 Å². The van der Waals surface area contributed by atoms with E-state index < -0.39 is 6.09 Å². The number of nitrogens with zero attached hydrogens (tertiary/aromatic N) is 4. The second kappa shape index (κ2) is 8.75. The fourth-order valence-electron chi connectivity index (χ4n) is 4.93. The van der Waals surface area contributed by atoms with Crippen LogP contribution in [0.1, 0.15) is 44.8 Å². The summed E-state index contributed by atoms with van der Waals surface area (Å²) in [6.07, 6.45) is 11.7. The molecule has 2 aliphatic rings. The zero-order valence-corrected chi connectivity index (χ0v) is 17.8. The standard InChI is InChI=1S/C24H30N4O3/c29-24(30)26-10-3-4-18(8-11-26)16-27-12-9-20-14-19(6-7-22(20)27)21-15-25-28(17-21)23-5-1-2-13-31-23/h6-7,9,12,14-15,17-18,23H,1-5,8,10-11,13,16H2,(H,29,30). The number of rotatable bonds is 4. The lowest BCUT2D eigenvalue weighted by molar-refractivity contribution is -0.0394. The molecule has 1 amide bonds. The van der Waals surface area contributed by atoms with Crippen LogP contribution in [-0.2, 0) is 11.3 Å². The molecule has 7 heteroatoms. The van der Waals surface area contributed by atoms with Crippen molar-refractivity contribution in [3.8, 4) is 11.1 Å². The second-order valence-corrected chi connectivity index (χ2v) is 8.84. The first-order chi connectivity index (χ1) is 15.2. The molecule has 1 N–H and O–H groups in total. The number of benzene rings is 1. The first-order valence-corrected chi connectivity index (χ1v) is 11.4. The number of hydrogen-bond acceptors (Lipinski definition) is 3. The summed E-state index contributed by atoms with van der Waals surface area (Å²) in [4.78, 5) is 12.8. The van der Waals surface area contributed by atoms with Gasteiger partial charge in [0.2, 0.25) is 0 Å². The molecule has 7 nitrogen and oxygen atoms in total. The van der Waals surface area contributed by atoms with Crippen LogP contribution in [-0.4, -0.2) is 50.1 Å². The van der Waals surface area contributed by atoms with Gasteiger partial charge in [-0.1, -0.05) is 6.07 Å². The van der Waals surface area contributed by atoms with Gasteiger partial charge in [0.05, 0.1) is 6.20 Å². The van der Waals surface area contributed by atoms with Crippen LogP contribution in [0, 0.1) is 5.92 Å². The minimum absolute atomic E-state index is 0.0592. The molecule has 164 valence electrons. The minimum atomic E-state index is -0.794. The van der Waals surface area contributed by atoms with Gasteiger partial charge in [0.1, 0.15) is 6.23 Å². The maximum absolute atomic E-state index is 11.3. The maximum Gasteiger partial charge on any atom is 0.407 e. The van der Waals surface area contributed by atoms with Crippen LogP contribution >= 0.6 is 0 Å². The molecule has 0 aliphatic carbocycles. The number of carbonyl (C=O) groups is 1. The van der Waals surface area contributed by atoms with E-state index in [9.17, 15) is 9.90 Å². The van der Waals surface area contributed by atoms with Gasteiger partial charge in [-0.15, -0.1) is 0 Å². The van der Waals surface area contributed by atoms with Crippen molar-refractivity contribution in [3.63, 3.8) is 0 Å². The number of amides is 1. The fraction of sp³-hybridized carbons (Fsp3) is 0.500. The maximum atomic E-state index is 11.3. The molecule has 2 atom stereocenters. The van der Waals surface area contributed by atoms with E-state index in [0.717, 1.165) is 50.8 Å². The summed E-state index contributed by atoms with van der Waals surface area (Å²) in [6, 6.07) is 8.77. The number of fused-ring (bicyclic) bond motifs is 1. The van der Waals surface area contributed by atoms with Crippen molar-refractivity contribution in [2.75, 3.05) is 19.7 Å². The Balaban J connectivity index is 1.30. The van der Waals surface area contributed by atoms with E-state index in [-0.39, 0.29) is 6.23 Å². The van der Waals surface area contributed by atoms with Gasteiger partial charge >= 0.3 is 6.09 Å². The Hall–Kier alpha value is -2.80. The van der Waals surface area contributed by atoms with Gasteiger partial charge in [-0.3, -0.25) is 0 Å². The van der Waals surface area contributed by atoms with Gasteiger partial charge in [0, 0.05) is 55.1 Å². The minimum Gasteiger partial charge on any atom is -0.465 e. The molecule has 2 saturated heterocycles. The molecule has 31 heavy (non-hydrogen) atoms. The summed E-state index contributed by atoms with van der Waals surface area (Å²) in [5, 5.41) is 15.0. The summed E-state index contributed by atoms with van der Waals surface area (Å²) in [5.41, 5.74) is 3.51. The van der Waals surface area contributed by atoms with Crippen LogP contribution < -0.4 is 0 Å². The molecule has 2 unspecified atom stereocenters. The summed E-state index contributed by atoms with van der Waals surface area (Å²) >= 11 is 0. The van der Waals surface area contributed by atoms with Gasteiger partial charge < -0.3 is 19.3 Å². The Bertz CT molecular complexity index is 1050. The van der Waals surface area contributed by atoms with E-state index in [1.54, 1.807) is 4.90 Å². The fourth-order valence-corrected chi connectivity index (χ4v) is 4.93. The normalized spacial score (nSPS) is 22.5. The molecule has 2 aliphatic heterocycles. The Labute approximate surface area is 182 Å². The van der Waals surface area contributed by atoms with Crippen LogP contribution in [0.15, 0.2) is 42.9 Å². The summed E-state index contributed by atoms with van der Waals surface area (Å²) in [6.45, 7) is 3.04. The smallest absolute Gasteiger partial charge is 0.407 e. The SMILES string of the molecule is O=C(O)N1CCCC(Cn2ccc3cc(-c4cnn(C5CCCCO5)c4)ccc32)CC1.